The molecule has 2 aromatic heterocycles. The highest BCUT2D eigenvalue weighted by atomic mass is 16.5. The molecule has 72 valence electrons. The highest BCUT2D eigenvalue weighted by Crippen LogP contribution is 2.18. The minimum Gasteiger partial charge on any atom is -0.481 e. The van der Waals surface area contributed by atoms with Crippen LogP contribution in [0.2, 0.25) is 0 Å². The Kier molecular flexibility index (Phi) is 2.18. The Balaban J connectivity index is 2.33. The van der Waals surface area contributed by atoms with Crippen LogP contribution in [0.1, 0.15) is 5.69 Å². The van der Waals surface area contributed by atoms with Crippen LogP contribution >= 0.6 is 0 Å². The lowest BCUT2D eigenvalue weighted by molar-refractivity contribution is 0.398. The van der Waals surface area contributed by atoms with Crippen LogP contribution < -0.4 is 4.74 Å². The van der Waals surface area contributed by atoms with Crippen LogP contribution in [0.5, 0.6) is 5.88 Å². The number of rotatable bonds is 2. The summed E-state index contributed by atoms with van der Waals surface area (Å²) in [5.41, 5.74) is 2.92. The van der Waals surface area contributed by atoms with Gasteiger partial charge in [0.2, 0.25) is 5.88 Å². The van der Waals surface area contributed by atoms with Gasteiger partial charge >= 0.3 is 0 Å². The molecule has 2 heterocycles. The highest BCUT2D eigenvalue weighted by molar-refractivity contribution is 5.58. The van der Waals surface area contributed by atoms with Gasteiger partial charge in [-0.3, -0.25) is 5.10 Å². The second kappa shape index (κ2) is 3.49. The Labute approximate surface area is 81.9 Å². The summed E-state index contributed by atoms with van der Waals surface area (Å²) >= 11 is 0. The average Bonchev–Trinajstić information content (AvgIpc) is 2.65. The molecule has 0 fully saturated rings. The Morgan fingerprint density at radius 1 is 1.36 bits per heavy atom. The summed E-state index contributed by atoms with van der Waals surface area (Å²) < 4.78 is 4.97. The van der Waals surface area contributed by atoms with Crippen molar-refractivity contribution >= 4 is 0 Å². The van der Waals surface area contributed by atoms with Gasteiger partial charge in [0.05, 0.1) is 12.8 Å². The molecule has 14 heavy (non-hydrogen) atoms. The number of methoxy groups -OCH3 is 1. The molecule has 0 saturated carbocycles. The Bertz CT molecular complexity index is 419. The zero-order valence-corrected chi connectivity index (χ0v) is 8.11. The topological polar surface area (TPSA) is 50.8 Å². The third-order valence-electron chi connectivity index (χ3n) is 1.95. The largest absolute Gasteiger partial charge is 0.481 e. The van der Waals surface area contributed by atoms with Gasteiger partial charge in [0.15, 0.2) is 0 Å². The maximum Gasteiger partial charge on any atom is 0.212 e. The van der Waals surface area contributed by atoms with Gasteiger partial charge in [-0.25, -0.2) is 4.98 Å². The van der Waals surface area contributed by atoms with Crippen LogP contribution in [0.4, 0.5) is 0 Å². The standard InChI is InChI=1S/C10H11N3O/c1-7-5-9(13-12-7)8-3-4-10(14-2)11-6-8/h3-6H,1-2H3,(H,12,13). The van der Waals surface area contributed by atoms with Crippen molar-refractivity contribution in [3.8, 4) is 17.1 Å². The zero-order chi connectivity index (χ0) is 9.97. The van der Waals surface area contributed by atoms with Gasteiger partial charge in [0.25, 0.3) is 0 Å². The number of hydrogen-bond donors (Lipinski definition) is 1. The Morgan fingerprint density at radius 3 is 2.71 bits per heavy atom. The fraction of sp³-hybridized carbons (Fsp3) is 0.200. The quantitative estimate of drug-likeness (QED) is 0.783. The first kappa shape index (κ1) is 8.74. The summed E-state index contributed by atoms with van der Waals surface area (Å²) in [7, 11) is 1.60. The summed E-state index contributed by atoms with van der Waals surface area (Å²) in [5.74, 6) is 0.612. The number of H-pyrrole nitrogens is 1. The van der Waals surface area contributed by atoms with Crippen LogP contribution in [0, 0.1) is 6.92 Å². The number of nitrogens with one attached hydrogen (secondary N) is 1. The number of aromatic amines is 1. The Hall–Kier alpha value is -1.84. The molecule has 4 heteroatoms. The predicted molar refractivity (Wildman–Crippen MR) is 53.1 cm³/mol. The molecular weight excluding hydrogens is 178 g/mol. The van der Waals surface area contributed by atoms with Crippen LogP contribution in [0.25, 0.3) is 11.3 Å². The molecule has 0 atom stereocenters. The second-order valence-corrected chi connectivity index (χ2v) is 3.03. The van der Waals surface area contributed by atoms with E-state index in [9.17, 15) is 0 Å². The molecule has 0 unspecified atom stereocenters. The van der Waals surface area contributed by atoms with Gasteiger partial charge in [-0.15, -0.1) is 0 Å². The Morgan fingerprint density at radius 2 is 2.21 bits per heavy atom. The van der Waals surface area contributed by atoms with Gasteiger partial charge in [0, 0.05) is 23.5 Å². The molecule has 0 saturated heterocycles. The first-order valence-corrected chi connectivity index (χ1v) is 4.32. The van der Waals surface area contributed by atoms with Gasteiger partial charge < -0.3 is 4.74 Å². The average molecular weight is 189 g/mol. The third-order valence-corrected chi connectivity index (χ3v) is 1.95. The fourth-order valence-electron chi connectivity index (χ4n) is 1.22. The summed E-state index contributed by atoms with van der Waals surface area (Å²) in [6, 6.07) is 5.73. The van der Waals surface area contributed by atoms with E-state index < -0.39 is 0 Å². The maximum atomic E-state index is 4.97. The lowest BCUT2D eigenvalue weighted by atomic mass is 10.2. The molecule has 4 nitrogen and oxygen atoms in total. The van der Waals surface area contributed by atoms with Gasteiger partial charge in [-0.05, 0) is 19.1 Å². The van der Waals surface area contributed by atoms with E-state index in [1.54, 1.807) is 13.3 Å². The van der Waals surface area contributed by atoms with E-state index in [1.807, 2.05) is 25.1 Å². The molecule has 0 amide bonds. The molecule has 2 aromatic rings. The zero-order valence-electron chi connectivity index (χ0n) is 8.11. The lowest BCUT2D eigenvalue weighted by Crippen LogP contribution is -1.87. The minimum absolute atomic E-state index is 0.612. The van der Waals surface area contributed by atoms with Gasteiger partial charge in [-0.1, -0.05) is 0 Å². The molecule has 0 aromatic carbocycles. The summed E-state index contributed by atoms with van der Waals surface area (Å²) in [6.45, 7) is 1.97. The highest BCUT2D eigenvalue weighted by Gasteiger charge is 2.01. The van der Waals surface area contributed by atoms with Crippen molar-refractivity contribution in [2.75, 3.05) is 7.11 Å². The minimum atomic E-state index is 0.612. The number of ether oxygens (including phenoxy) is 1. The van der Waals surface area contributed by atoms with E-state index in [2.05, 4.69) is 15.2 Å². The molecule has 1 N–H and O–H groups in total. The second-order valence-electron chi connectivity index (χ2n) is 3.03. The summed E-state index contributed by atoms with van der Waals surface area (Å²) in [5, 5.41) is 7.02. The van der Waals surface area contributed by atoms with E-state index in [1.165, 1.54) is 0 Å². The van der Waals surface area contributed by atoms with Crippen molar-refractivity contribution in [1.29, 1.82) is 0 Å². The van der Waals surface area contributed by atoms with E-state index in [0.29, 0.717) is 5.88 Å². The molecule has 0 aliphatic rings. The fourth-order valence-corrected chi connectivity index (χ4v) is 1.22. The third kappa shape index (κ3) is 1.59. The smallest absolute Gasteiger partial charge is 0.212 e. The number of pyridine rings is 1. The number of hydrogen-bond acceptors (Lipinski definition) is 3. The van der Waals surface area contributed by atoms with Crippen molar-refractivity contribution in [3.63, 3.8) is 0 Å². The van der Waals surface area contributed by atoms with Crippen LogP contribution in [-0.2, 0) is 0 Å². The van der Waals surface area contributed by atoms with Gasteiger partial charge in [0.1, 0.15) is 0 Å². The summed E-state index contributed by atoms with van der Waals surface area (Å²) in [6.07, 6.45) is 1.74. The van der Waals surface area contributed by atoms with Gasteiger partial charge in [-0.2, -0.15) is 5.10 Å². The van der Waals surface area contributed by atoms with E-state index in [-0.39, 0.29) is 0 Å². The van der Waals surface area contributed by atoms with E-state index in [4.69, 9.17) is 4.74 Å². The summed E-state index contributed by atoms with van der Waals surface area (Å²) in [4.78, 5) is 4.11. The number of nitrogens with zero attached hydrogens (tertiary/aromatic N) is 2. The molecule has 0 bridgehead atoms. The SMILES string of the molecule is COc1ccc(-c2cc(C)[nH]n2)cn1. The van der Waals surface area contributed by atoms with Crippen LogP contribution in [0.15, 0.2) is 24.4 Å². The molecule has 2 rings (SSSR count). The molecule has 0 spiro atoms. The first-order valence-electron chi connectivity index (χ1n) is 4.32. The van der Waals surface area contributed by atoms with Crippen molar-refractivity contribution in [2.45, 2.75) is 6.92 Å². The molecule has 0 aliphatic heterocycles. The van der Waals surface area contributed by atoms with Crippen LogP contribution in [0.3, 0.4) is 0 Å². The van der Waals surface area contributed by atoms with E-state index in [0.717, 1.165) is 17.0 Å². The molecular formula is C10H11N3O. The molecule has 0 radical (unpaired) electrons. The maximum absolute atomic E-state index is 4.97. The normalized spacial score (nSPS) is 10.1. The number of aromatic nitrogens is 3. The predicted octanol–water partition coefficient (Wildman–Crippen LogP) is 1.79. The van der Waals surface area contributed by atoms with Crippen molar-refractivity contribution < 1.29 is 4.74 Å². The van der Waals surface area contributed by atoms with Crippen molar-refractivity contribution in [2.24, 2.45) is 0 Å². The van der Waals surface area contributed by atoms with Crippen molar-refractivity contribution in [3.05, 3.63) is 30.1 Å². The first-order chi connectivity index (χ1) is 6.79. The number of aryl methyl sites for hydroxylation is 1. The molecule has 0 aliphatic carbocycles. The van der Waals surface area contributed by atoms with E-state index >= 15 is 0 Å². The lowest BCUT2D eigenvalue weighted by Gasteiger charge is -1.98. The van der Waals surface area contributed by atoms with Crippen LogP contribution in [-0.4, -0.2) is 22.3 Å². The van der Waals surface area contributed by atoms with Crippen molar-refractivity contribution in [1.82, 2.24) is 15.2 Å². The monoisotopic (exact) mass is 189 g/mol.